The molecule has 6 heteroatoms. The number of amides is 1. The monoisotopic (exact) mass is 341 g/mol. The van der Waals surface area contributed by atoms with E-state index in [1.165, 1.54) is 19.1 Å². The highest BCUT2D eigenvalue weighted by molar-refractivity contribution is 6.13. The smallest absolute Gasteiger partial charge is 0.336 e. The Morgan fingerprint density at radius 2 is 1.56 bits per heavy atom. The molecule has 0 spiro atoms. The number of carbonyl (C=O) groups is 3. The van der Waals surface area contributed by atoms with Crippen molar-refractivity contribution < 1.29 is 23.9 Å². The van der Waals surface area contributed by atoms with Crippen molar-refractivity contribution in [2.75, 3.05) is 6.61 Å². The second-order valence-electron chi connectivity index (χ2n) is 5.19. The molecule has 130 valence electrons. The summed E-state index contributed by atoms with van der Waals surface area (Å²) < 4.78 is 10.5. The van der Waals surface area contributed by atoms with Crippen LogP contribution in [0, 0.1) is 0 Å². The van der Waals surface area contributed by atoms with Gasteiger partial charge in [0.05, 0.1) is 6.61 Å². The number of hydrogen-bond donors (Lipinski definition) is 1. The van der Waals surface area contributed by atoms with Gasteiger partial charge in [-0.3, -0.25) is 9.59 Å². The minimum atomic E-state index is -1.36. The fourth-order valence-electron chi connectivity index (χ4n) is 2.14. The van der Waals surface area contributed by atoms with Crippen molar-refractivity contribution in [2.45, 2.75) is 19.9 Å². The van der Waals surface area contributed by atoms with Crippen LogP contribution in [0.5, 0.6) is 11.5 Å². The number of benzene rings is 2. The van der Waals surface area contributed by atoms with Crippen LogP contribution in [0.15, 0.2) is 54.6 Å². The maximum atomic E-state index is 12.5. The van der Waals surface area contributed by atoms with Crippen molar-refractivity contribution in [2.24, 2.45) is 0 Å². The van der Waals surface area contributed by atoms with Crippen LogP contribution >= 0.6 is 0 Å². The standard InChI is InChI=1S/C19H19NO5/c1-3-24-19(23)17(20-13(2)21)18(22)14-9-11-16(12-10-14)25-15-7-5-4-6-8-15/h4-12,17H,3H2,1-2H3,(H,20,21). The summed E-state index contributed by atoms with van der Waals surface area (Å²) in [7, 11) is 0. The minimum absolute atomic E-state index is 0.117. The van der Waals surface area contributed by atoms with E-state index in [1.807, 2.05) is 30.3 Å². The molecule has 1 atom stereocenters. The minimum Gasteiger partial charge on any atom is -0.464 e. The Balaban J connectivity index is 2.14. The molecule has 2 aromatic carbocycles. The highest BCUT2D eigenvalue weighted by atomic mass is 16.5. The first-order valence-electron chi connectivity index (χ1n) is 7.82. The summed E-state index contributed by atoms with van der Waals surface area (Å²) in [6.45, 7) is 2.98. The lowest BCUT2D eigenvalue weighted by atomic mass is 10.0. The van der Waals surface area contributed by atoms with Gasteiger partial charge < -0.3 is 14.8 Å². The Morgan fingerprint density at radius 1 is 0.960 bits per heavy atom. The zero-order valence-electron chi connectivity index (χ0n) is 14.0. The molecule has 6 nitrogen and oxygen atoms in total. The van der Waals surface area contributed by atoms with Gasteiger partial charge in [-0.2, -0.15) is 0 Å². The molecule has 0 heterocycles. The number of para-hydroxylation sites is 1. The number of hydrogen-bond acceptors (Lipinski definition) is 5. The summed E-state index contributed by atoms with van der Waals surface area (Å²) in [5, 5.41) is 2.32. The van der Waals surface area contributed by atoms with Crippen molar-refractivity contribution in [1.29, 1.82) is 0 Å². The van der Waals surface area contributed by atoms with E-state index < -0.39 is 23.7 Å². The summed E-state index contributed by atoms with van der Waals surface area (Å²) in [5.41, 5.74) is 0.271. The predicted octanol–water partition coefficient (Wildman–Crippen LogP) is 2.73. The van der Waals surface area contributed by atoms with Gasteiger partial charge in [0.25, 0.3) is 0 Å². The van der Waals surface area contributed by atoms with Crippen LogP contribution in [0.1, 0.15) is 24.2 Å². The lowest BCUT2D eigenvalue weighted by molar-refractivity contribution is -0.145. The van der Waals surface area contributed by atoms with Gasteiger partial charge in [0.15, 0.2) is 11.8 Å². The van der Waals surface area contributed by atoms with E-state index >= 15 is 0 Å². The zero-order valence-corrected chi connectivity index (χ0v) is 14.0. The summed E-state index contributed by atoms with van der Waals surface area (Å²) >= 11 is 0. The lowest BCUT2D eigenvalue weighted by Crippen LogP contribution is -2.46. The quantitative estimate of drug-likeness (QED) is 0.476. The maximum absolute atomic E-state index is 12.5. The molecule has 0 bridgehead atoms. The predicted molar refractivity (Wildman–Crippen MR) is 91.5 cm³/mol. The topological polar surface area (TPSA) is 81.7 Å². The third kappa shape index (κ3) is 5.17. The number of esters is 1. The van der Waals surface area contributed by atoms with Gasteiger partial charge in [-0.25, -0.2) is 4.79 Å². The van der Waals surface area contributed by atoms with Crippen molar-refractivity contribution in [3.8, 4) is 11.5 Å². The van der Waals surface area contributed by atoms with Crippen LogP contribution in [0.3, 0.4) is 0 Å². The zero-order chi connectivity index (χ0) is 18.2. The molecule has 25 heavy (non-hydrogen) atoms. The average Bonchev–Trinajstić information content (AvgIpc) is 2.61. The van der Waals surface area contributed by atoms with E-state index in [0.29, 0.717) is 11.5 Å². The summed E-state index contributed by atoms with van der Waals surface area (Å²) in [6, 6.07) is 14.2. The second kappa shape index (κ2) is 8.63. The van der Waals surface area contributed by atoms with Gasteiger partial charge in [0.2, 0.25) is 5.91 Å². The highest BCUT2D eigenvalue weighted by Crippen LogP contribution is 2.21. The van der Waals surface area contributed by atoms with Crippen molar-refractivity contribution in [1.82, 2.24) is 5.32 Å². The number of ketones is 1. The Labute approximate surface area is 145 Å². The second-order valence-corrected chi connectivity index (χ2v) is 5.19. The van der Waals surface area contributed by atoms with E-state index in [1.54, 1.807) is 19.1 Å². The third-order valence-electron chi connectivity index (χ3n) is 3.25. The molecule has 0 radical (unpaired) electrons. The Hall–Kier alpha value is -3.15. The number of ether oxygens (including phenoxy) is 2. The number of nitrogens with one attached hydrogen (secondary N) is 1. The molecule has 2 rings (SSSR count). The van der Waals surface area contributed by atoms with Crippen LogP contribution in [-0.4, -0.2) is 30.3 Å². The SMILES string of the molecule is CCOC(=O)C(NC(C)=O)C(=O)c1ccc(Oc2ccccc2)cc1. The van der Waals surface area contributed by atoms with Crippen molar-refractivity contribution in [3.63, 3.8) is 0 Å². The summed E-state index contributed by atoms with van der Waals surface area (Å²) in [5.74, 6) is -0.596. The highest BCUT2D eigenvalue weighted by Gasteiger charge is 2.29. The number of rotatable bonds is 7. The Bertz CT molecular complexity index is 740. The van der Waals surface area contributed by atoms with Gasteiger partial charge >= 0.3 is 5.97 Å². The Kier molecular flexibility index (Phi) is 6.28. The first-order valence-corrected chi connectivity index (χ1v) is 7.82. The lowest BCUT2D eigenvalue weighted by Gasteiger charge is -2.15. The molecule has 0 aliphatic carbocycles. The molecule has 0 aliphatic rings. The molecule has 0 fully saturated rings. The molecule has 0 saturated heterocycles. The average molecular weight is 341 g/mol. The van der Waals surface area contributed by atoms with Gasteiger partial charge in [0, 0.05) is 12.5 Å². The molecule has 1 unspecified atom stereocenters. The van der Waals surface area contributed by atoms with E-state index in [4.69, 9.17) is 9.47 Å². The molecular formula is C19H19NO5. The van der Waals surface area contributed by atoms with Crippen LogP contribution in [0.25, 0.3) is 0 Å². The van der Waals surface area contributed by atoms with Gasteiger partial charge in [0.1, 0.15) is 11.5 Å². The maximum Gasteiger partial charge on any atom is 0.336 e. The van der Waals surface area contributed by atoms with E-state index in [2.05, 4.69) is 5.32 Å². The van der Waals surface area contributed by atoms with Crippen LogP contribution < -0.4 is 10.1 Å². The van der Waals surface area contributed by atoms with Gasteiger partial charge in [-0.15, -0.1) is 0 Å². The normalized spacial score (nSPS) is 11.3. The van der Waals surface area contributed by atoms with Crippen LogP contribution in [0.4, 0.5) is 0 Å². The van der Waals surface area contributed by atoms with E-state index in [-0.39, 0.29) is 12.2 Å². The van der Waals surface area contributed by atoms with Gasteiger partial charge in [-0.1, -0.05) is 18.2 Å². The Morgan fingerprint density at radius 3 is 2.12 bits per heavy atom. The molecule has 0 saturated carbocycles. The summed E-state index contributed by atoms with van der Waals surface area (Å²) in [6.07, 6.45) is 0. The van der Waals surface area contributed by atoms with Crippen LogP contribution in [0.2, 0.25) is 0 Å². The summed E-state index contributed by atoms with van der Waals surface area (Å²) in [4.78, 5) is 35.7. The number of carbonyl (C=O) groups excluding carboxylic acids is 3. The van der Waals surface area contributed by atoms with E-state index in [0.717, 1.165) is 0 Å². The molecule has 1 amide bonds. The van der Waals surface area contributed by atoms with Gasteiger partial charge in [-0.05, 0) is 43.3 Å². The fourth-order valence-corrected chi connectivity index (χ4v) is 2.14. The molecule has 2 aromatic rings. The third-order valence-corrected chi connectivity index (χ3v) is 3.25. The fraction of sp³-hybridized carbons (Fsp3) is 0.211. The first kappa shape index (κ1) is 18.2. The van der Waals surface area contributed by atoms with E-state index in [9.17, 15) is 14.4 Å². The molecular weight excluding hydrogens is 322 g/mol. The molecule has 0 aliphatic heterocycles. The van der Waals surface area contributed by atoms with Crippen LogP contribution in [-0.2, 0) is 14.3 Å². The number of Topliss-reactive ketones (excluding diaryl/α,β-unsaturated/α-hetero) is 1. The molecule has 0 aromatic heterocycles. The molecule has 1 N–H and O–H groups in total. The van der Waals surface area contributed by atoms with Crippen molar-refractivity contribution in [3.05, 3.63) is 60.2 Å². The first-order chi connectivity index (χ1) is 12.0. The largest absolute Gasteiger partial charge is 0.464 e. The van der Waals surface area contributed by atoms with Crippen molar-refractivity contribution >= 4 is 17.7 Å².